The van der Waals surface area contributed by atoms with Crippen LogP contribution in [0, 0.1) is 0 Å². The zero-order chi connectivity index (χ0) is 18.5. The van der Waals surface area contributed by atoms with Gasteiger partial charge in [-0.2, -0.15) is 5.10 Å². The Balaban J connectivity index is 1.51. The van der Waals surface area contributed by atoms with E-state index in [9.17, 15) is 4.79 Å². The molecule has 0 bridgehead atoms. The zero-order valence-corrected chi connectivity index (χ0v) is 15.9. The summed E-state index contributed by atoms with van der Waals surface area (Å²) in [4.78, 5) is 20.0. The molecule has 6 heteroatoms. The number of rotatable bonds is 7. The Bertz CT molecular complexity index is 718. The van der Waals surface area contributed by atoms with Crippen molar-refractivity contribution in [3.8, 4) is 0 Å². The van der Waals surface area contributed by atoms with Crippen LogP contribution < -0.4 is 5.32 Å². The SMILES string of the molecule is O=C(NC(CCn1cncn1)c1ccccc1)C1(N2CCCC2)CCCC1. The molecule has 1 atom stereocenters. The largest absolute Gasteiger partial charge is 0.348 e. The first-order valence-electron chi connectivity index (χ1n) is 10.2. The number of nitrogens with zero attached hydrogens (tertiary/aromatic N) is 4. The van der Waals surface area contributed by atoms with Gasteiger partial charge in [0.25, 0.3) is 0 Å². The molecular weight excluding hydrogens is 338 g/mol. The normalized spacial score (nSPS) is 20.6. The highest BCUT2D eigenvalue weighted by atomic mass is 16.2. The Morgan fingerprint density at radius 2 is 1.85 bits per heavy atom. The van der Waals surface area contributed by atoms with Crippen molar-refractivity contribution >= 4 is 5.91 Å². The topological polar surface area (TPSA) is 63.1 Å². The van der Waals surface area contributed by atoms with Gasteiger partial charge in [-0.05, 0) is 50.8 Å². The van der Waals surface area contributed by atoms with Crippen molar-refractivity contribution in [3.63, 3.8) is 0 Å². The molecule has 27 heavy (non-hydrogen) atoms. The van der Waals surface area contributed by atoms with Crippen LogP contribution >= 0.6 is 0 Å². The third-order valence-corrected chi connectivity index (χ3v) is 6.19. The second-order valence-corrected chi connectivity index (χ2v) is 7.82. The molecule has 1 aromatic carbocycles. The predicted molar refractivity (Wildman–Crippen MR) is 104 cm³/mol. The maximum Gasteiger partial charge on any atom is 0.241 e. The van der Waals surface area contributed by atoms with Crippen molar-refractivity contribution in [1.29, 1.82) is 0 Å². The summed E-state index contributed by atoms with van der Waals surface area (Å²) in [5.74, 6) is 0.217. The van der Waals surface area contributed by atoms with E-state index in [0.717, 1.165) is 57.3 Å². The number of nitrogens with one attached hydrogen (secondary N) is 1. The number of hydrogen-bond donors (Lipinski definition) is 1. The third-order valence-electron chi connectivity index (χ3n) is 6.19. The van der Waals surface area contributed by atoms with E-state index < -0.39 is 0 Å². The highest BCUT2D eigenvalue weighted by Crippen LogP contribution is 2.38. The van der Waals surface area contributed by atoms with Gasteiger partial charge in [0.2, 0.25) is 5.91 Å². The number of aromatic nitrogens is 3. The van der Waals surface area contributed by atoms with Crippen molar-refractivity contribution in [2.24, 2.45) is 0 Å². The number of benzene rings is 1. The van der Waals surface area contributed by atoms with Crippen LogP contribution in [0.4, 0.5) is 0 Å². The van der Waals surface area contributed by atoms with Crippen LogP contribution in [0.25, 0.3) is 0 Å². The number of hydrogen-bond acceptors (Lipinski definition) is 4. The fraction of sp³-hybridized carbons (Fsp3) is 0.571. The van der Waals surface area contributed by atoms with E-state index in [0.29, 0.717) is 0 Å². The molecule has 1 aromatic heterocycles. The number of aryl methyl sites for hydroxylation is 1. The number of carbonyl (C=O) groups excluding carboxylic acids is 1. The Kier molecular flexibility index (Phi) is 5.53. The van der Waals surface area contributed by atoms with Gasteiger partial charge >= 0.3 is 0 Å². The summed E-state index contributed by atoms with van der Waals surface area (Å²) in [6.45, 7) is 2.85. The standard InChI is InChI=1S/C21H29N5O/c27-20(21(11-4-5-12-21)25-13-6-7-14-25)24-19(18-8-2-1-3-9-18)10-15-26-17-22-16-23-26/h1-3,8-9,16-17,19H,4-7,10-15H2,(H,24,27). The van der Waals surface area contributed by atoms with Crippen LogP contribution in [-0.4, -0.2) is 44.2 Å². The Morgan fingerprint density at radius 1 is 1.11 bits per heavy atom. The first-order chi connectivity index (χ1) is 13.3. The van der Waals surface area contributed by atoms with Crippen LogP contribution in [0.3, 0.4) is 0 Å². The first-order valence-corrected chi connectivity index (χ1v) is 10.2. The van der Waals surface area contributed by atoms with E-state index in [2.05, 4.69) is 32.4 Å². The molecule has 1 N–H and O–H groups in total. The molecule has 2 aromatic rings. The molecule has 144 valence electrons. The van der Waals surface area contributed by atoms with Gasteiger partial charge in [0.15, 0.2) is 0 Å². The molecule has 1 aliphatic heterocycles. The minimum atomic E-state index is -0.295. The zero-order valence-electron chi connectivity index (χ0n) is 15.9. The maximum atomic E-state index is 13.5. The highest BCUT2D eigenvalue weighted by Gasteiger charge is 2.47. The van der Waals surface area contributed by atoms with Crippen molar-refractivity contribution in [3.05, 3.63) is 48.5 Å². The van der Waals surface area contributed by atoms with Crippen LogP contribution in [0.5, 0.6) is 0 Å². The molecular formula is C21H29N5O. The second kappa shape index (κ2) is 8.21. The highest BCUT2D eigenvalue weighted by molar-refractivity contribution is 5.87. The molecule has 0 spiro atoms. The Labute approximate surface area is 161 Å². The summed E-state index contributed by atoms with van der Waals surface area (Å²) in [5.41, 5.74) is 0.858. The van der Waals surface area contributed by atoms with Crippen molar-refractivity contribution < 1.29 is 4.79 Å². The number of likely N-dealkylation sites (tertiary alicyclic amines) is 1. The summed E-state index contributed by atoms with van der Waals surface area (Å²) in [6.07, 6.45) is 10.8. The van der Waals surface area contributed by atoms with E-state index in [4.69, 9.17) is 0 Å². The molecule has 6 nitrogen and oxygen atoms in total. The lowest BCUT2D eigenvalue weighted by Gasteiger charge is -2.38. The smallest absolute Gasteiger partial charge is 0.241 e. The molecule has 1 aliphatic carbocycles. The monoisotopic (exact) mass is 367 g/mol. The van der Waals surface area contributed by atoms with Crippen molar-refractivity contribution in [2.45, 2.75) is 63.1 Å². The van der Waals surface area contributed by atoms with Crippen molar-refractivity contribution in [2.75, 3.05) is 13.1 Å². The molecule has 2 fully saturated rings. The van der Waals surface area contributed by atoms with Gasteiger partial charge in [0, 0.05) is 6.54 Å². The molecule has 1 saturated heterocycles. The van der Waals surface area contributed by atoms with Gasteiger partial charge < -0.3 is 5.32 Å². The van der Waals surface area contributed by atoms with Crippen LogP contribution in [0.1, 0.15) is 56.6 Å². The minimum Gasteiger partial charge on any atom is -0.348 e. The Morgan fingerprint density at radius 3 is 2.52 bits per heavy atom. The molecule has 2 heterocycles. The van der Waals surface area contributed by atoms with Gasteiger partial charge in [-0.25, -0.2) is 4.98 Å². The second-order valence-electron chi connectivity index (χ2n) is 7.82. The summed E-state index contributed by atoms with van der Waals surface area (Å²) in [7, 11) is 0. The first kappa shape index (κ1) is 18.2. The third kappa shape index (κ3) is 3.90. The lowest BCUT2D eigenvalue weighted by Crippen LogP contribution is -2.56. The van der Waals surface area contributed by atoms with Gasteiger partial charge in [0.1, 0.15) is 18.2 Å². The van der Waals surface area contributed by atoms with Crippen LogP contribution in [-0.2, 0) is 11.3 Å². The maximum absolute atomic E-state index is 13.5. The predicted octanol–water partition coefficient (Wildman–Crippen LogP) is 2.93. The lowest BCUT2D eigenvalue weighted by molar-refractivity contribution is -0.133. The van der Waals surface area contributed by atoms with Gasteiger partial charge in [-0.1, -0.05) is 43.2 Å². The van der Waals surface area contributed by atoms with E-state index in [1.807, 2.05) is 22.9 Å². The molecule has 0 radical (unpaired) electrons. The molecule has 4 rings (SSSR count). The molecule has 1 amide bonds. The fourth-order valence-electron chi connectivity index (χ4n) is 4.70. The van der Waals surface area contributed by atoms with Crippen LogP contribution in [0.2, 0.25) is 0 Å². The number of carbonyl (C=O) groups is 1. The van der Waals surface area contributed by atoms with E-state index in [-0.39, 0.29) is 17.5 Å². The summed E-state index contributed by atoms with van der Waals surface area (Å²) in [5, 5.41) is 7.61. The summed E-state index contributed by atoms with van der Waals surface area (Å²) in [6, 6.07) is 10.3. The van der Waals surface area contributed by atoms with Gasteiger partial charge in [-0.15, -0.1) is 0 Å². The average Bonchev–Trinajstić information content (AvgIpc) is 3.48. The fourth-order valence-corrected chi connectivity index (χ4v) is 4.70. The van der Waals surface area contributed by atoms with E-state index >= 15 is 0 Å². The average molecular weight is 367 g/mol. The summed E-state index contributed by atoms with van der Waals surface area (Å²) < 4.78 is 1.83. The Hall–Kier alpha value is -2.21. The summed E-state index contributed by atoms with van der Waals surface area (Å²) >= 11 is 0. The minimum absolute atomic E-state index is 0.0111. The van der Waals surface area contributed by atoms with Crippen LogP contribution in [0.15, 0.2) is 43.0 Å². The lowest BCUT2D eigenvalue weighted by atomic mass is 9.92. The van der Waals surface area contributed by atoms with E-state index in [1.165, 1.54) is 12.8 Å². The quantitative estimate of drug-likeness (QED) is 0.817. The molecule has 1 saturated carbocycles. The van der Waals surface area contributed by atoms with E-state index in [1.54, 1.807) is 12.7 Å². The van der Waals surface area contributed by atoms with Gasteiger partial charge in [-0.3, -0.25) is 14.4 Å². The molecule has 1 unspecified atom stereocenters. The number of amides is 1. The molecule has 2 aliphatic rings. The van der Waals surface area contributed by atoms with Gasteiger partial charge in [0.05, 0.1) is 6.04 Å². The van der Waals surface area contributed by atoms with Crippen molar-refractivity contribution in [1.82, 2.24) is 25.0 Å².